The summed E-state index contributed by atoms with van der Waals surface area (Å²) in [7, 11) is 0. The highest BCUT2D eigenvalue weighted by Gasteiger charge is 2.31. The Morgan fingerprint density at radius 3 is 2.63 bits per heavy atom. The number of halogens is 1. The third kappa shape index (κ3) is 4.63. The fourth-order valence-corrected chi connectivity index (χ4v) is 5.51. The SMILES string of the molecule is CC(=O)N1CCN(c2nc(N3CCCC3Cc3cccc(Cl)c3)c3cn(C(C)C)c(O)c3n2)CC1. The lowest BCUT2D eigenvalue weighted by Gasteiger charge is -2.35. The topological polar surface area (TPSA) is 77.7 Å². The number of hydrogen-bond donors (Lipinski definition) is 1. The van der Waals surface area contributed by atoms with Crippen LogP contribution in [-0.4, -0.2) is 69.2 Å². The summed E-state index contributed by atoms with van der Waals surface area (Å²) in [6, 6.07) is 8.45. The molecule has 2 aliphatic heterocycles. The molecule has 0 saturated carbocycles. The van der Waals surface area contributed by atoms with Crippen molar-refractivity contribution in [1.82, 2.24) is 19.4 Å². The lowest BCUT2D eigenvalue weighted by Crippen LogP contribution is -2.48. The summed E-state index contributed by atoms with van der Waals surface area (Å²) < 4.78 is 1.86. The van der Waals surface area contributed by atoms with Gasteiger partial charge < -0.3 is 24.4 Å². The van der Waals surface area contributed by atoms with Gasteiger partial charge in [-0.3, -0.25) is 4.79 Å². The van der Waals surface area contributed by atoms with E-state index in [0.29, 0.717) is 43.7 Å². The molecule has 8 nitrogen and oxygen atoms in total. The summed E-state index contributed by atoms with van der Waals surface area (Å²) in [5.74, 6) is 1.75. The Balaban J connectivity index is 1.54. The maximum Gasteiger partial charge on any atom is 0.228 e. The van der Waals surface area contributed by atoms with Crippen LogP contribution in [0.2, 0.25) is 5.02 Å². The molecule has 0 radical (unpaired) electrons. The van der Waals surface area contributed by atoms with Crippen LogP contribution in [-0.2, 0) is 11.2 Å². The first-order valence-corrected chi connectivity index (χ1v) is 12.8. The minimum absolute atomic E-state index is 0.0919. The largest absolute Gasteiger partial charge is 0.493 e. The first-order chi connectivity index (χ1) is 16.8. The van der Waals surface area contributed by atoms with E-state index < -0.39 is 0 Å². The van der Waals surface area contributed by atoms with Crippen molar-refractivity contribution in [1.29, 1.82) is 0 Å². The van der Waals surface area contributed by atoms with Crippen molar-refractivity contribution in [3.8, 4) is 5.88 Å². The number of fused-ring (bicyclic) bond motifs is 1. The summed E-state index contributed by atoms with van der Waals surface area (Å²) >= 11 is 6.25. The molecule has 4 heterocycles. The van der Waals surface area contributed by atoms with Gasteiger partial charge in [0.2, 0.25) is 17.7 Å². The van der Waals surface area contributed by atoms with E-state index in [-0.39, 0.29) is 17.8 Å². The average molecular weight is 497 g/mol. The molecule has 1 amide bonds. The van der Waals surface area contributed by atoms with Crippen LogP contribution in [0.5, 0.6) is 5.88 Å². The van der Waals surface area contributed by atoms with Gasteiger partial charge in [0.25, 0.3) is 0 Å². The van der Waals surface area contributed by atoms with Gasteiger partial charge in [0.1, 0.15) is 11.3 Å². The van der Waals surface area contributed by atoms with Gasteiger partial charge in [-0.2, -0.15) is 4.98 Å². The Labute approximate surface area is 211 Å². The molecule has 1 aromatic carbocycles. The normalized spacial score (nSPS) is 18.8. The van der Waals surface area contributed by atoms with Crippen molar-refractivity contribution in [2.24, 2.45) is 0 Å². The minimum Gasteiger partial charge on any atom is -0.493 e. The molecule has 35 heavy (non-hydrogen) atoms. The molecule has 3 aromatic rings. The van der Waals surface area contributed by atoms with E-state index >= 15 is 0 Å². The van der Waals surface area contributed by atoms with Gasteiger partial charge in [-0.15, -0.1) is 0 Å². The zero-order valence-corrected chi connectivity index (χ0v) is 21.4. The van der Waals surface area contributed by atoms with Crippen LogP contribution in [0, 0.1) is 0 Å². The van der Waals surface area contributed by atoms with Gasteiger partial charge in [-0.05, 0) is 50.8 Å². The first kappa shape index (κ1) is 23.7. The second-order valence-electron chi connectivity index (χ2n) is 9.88. The number of aromatic hydroxyl groups is 1. The van der Waals surface area contributed by atoms with Gasteiger partial charge in [0, 0.05) is 63.0 Å². The lowest BCUT2D eigenvalue weighted by atomic mass is 10.0. The van der Waals surface area contributed by atoms with Crippen LogP contribution in [0.25, 0.3) is 10.9 Å². The third-order valence-electron chi connectivity index (χ3n) is 7.21. The number of carbonyl (C=O) groups excluding carboxylic acids is 1. The molecular weight excluding hydrogens is 464 g/mol. The number of nitrogens with zero attached hydrogens (tertiary/aromatic N) is 6. The highest BCUT2D eigenvalue weighted by molar-refractivity contribution is 6.30. The van der Waals surface area contributed by atoms with Crippen molar-refractivity contribution in [2.75, 3.05) is 42.5 Å². The highest BCUT2D eigenvalue weighted by Crippen LogP contribution is 2.38. The van der Waals surface area contributed by atoms with Crippen molar-refractivity contribution in [2.45, 2.75) is 52.1 Å². The molecule has 186 valence electrons. The summed E-state index contributed by atoms with van der Waals surface area (Å²) in [5.41, 5.74) is 1.80. The van der Waals surface area contributed by atoms with E-state index in [9.17, 15) is 9.90 Å². The van der Waals surface area contributed by atoms with E-state index in [1.165, 1.54) is 5.56 Å². The van der Waals surface area contributed by atoms with Crippen LogP contribution >= 0.6 is 11.6 Å². The molecule has 0 aliphatic carbocycles. The van der Waals surface area contributed by atoms with Crippen LogP contribution in [0.1, 0.15) is 45.2 Å². The van der Waals surface area contributed by atoms with E-state index in [1.54, 1.807) is 6.92 Å². The van der Waals surface area contributed by atoms with Gasteiger partial charge >= 0.3 is 0 Å². The predicted molar refractivity (Wildman–Crippen MR) is 140 cm³/mol. The first-order valence-electron chi connectivity index (χ1n) is 12.4. The summed E-state index contributed by atoms with van der Waals surface area (Å²) in [4.78, 5) is 28.0. The highest BCUT2D eigenvalue weighted by atomic mass is 35.5. The Hall–Kier alpha value is -3.00. The Morgan fingerprint density at radius 1 is 1.17 bits per heavy atom. The second kappa shape index (κ2) is 9.57. The van der Waals surface area contributed by atoms with Crippen molar-refractivity contribution < 1.29 is 9.90 Å². The molecular formula is C26H33ClN6O2. The number of hydrogen-bond acceptors (Lipinski definition) is 6. The van der Waals surface area contributed by atoms with E-state index in [0.717, 1.165) is 42.0 Å². The minimum atomic E-state index is 0.0919. The number of benzene rings is 1. The second-order valence-corrected chi connectivity index (χ2v) is 10.3. The lowest BCUT2D eigenvalue weighted by molar-refractivity contribution is -0.129. The van der Waals surface area contributed by atoms with E-state index in [2.05, 4.69) is 15.9 Å². The summed E-state index contributed by atoms with van der Waals surface area (Å²) in [6.07, 6.45) is 5.02. The number of aromatic nitrogens is 3. The quantitative estimate of drug-likeness (QED) is 0.569. The zero-order valence-electron chi connectivity index (χ0n) is 20.6. The summed E-state index contributed by atoms with van der Waals surface area (Å²) in [6.45, 7) is 9.23. The third-order valence-corrected chi connectivity index (χ3v) is 7.45. The molecule has 2 aliphatic rings. The molecule has 1 atom stereocenters. The number of carbonyl (C=O) groups is 1. The Kier molecular flexibility index (Phi) is 6.49. The molecule has 2 saturated heterocycles. The number of amides is 1. The standard InChI is InChI=1S/C26H33ClN6O2/c1-17(2)33-16-22-23(25(33)35)28-26(31-12-10-30(11-13-31)18(3)34)29-24(22)32-9-5-8-21(32)15-19-6-4-7-20(27)14-19/h4,6-7,14,16-17,21,35H,5,8-13,15H2,1-3H3. The fraction of sp³-hybridized carbons (Fsp3) is 0.500. The maximum atomic E-state index is 11.8. The molecule has 0 bridgehead atoms. The van der Waals surface area contributed by atoms with Crippen LogP contribution in [0.3, 0.4) is 0 Å². The van der Waals surface area contributed by atoms with Gasteiger partial charge in [-0.1, -0.05) is 23.7 Å². The monoisotopic (exact) mass is 496 g/mol. The van der Waals surface area contributed by atoms with Crippen LogP contribution < -0.4 is 9.80 Å². The molecule has 5 rings (SSSR count). The molecule has 1 N–H and O–H groups in total. The Bertz CT molecular complexity index is 1230. The Morgan fingerprint density at radius 2 is 1.94 bits per heavy atom. The van der Waals surface area contributed by atoms with Crippen LogP contribution in [0.15, 0.2) is 30.5 Å². The smallest absolute Gasteiger partial charge is 0.228 e. The average Bonchev–Trinajstić information content (AvgIpc) is 3.43. The zero-order chi connectivity index (χ0) is 24.7. The molecule has 2 fully saturated rings. The molecule has 0 spiro atoms. The van der Waals surface area contributed by atoms with Crippen molar-refractivity contribution in [3.63, 3.8) is 0 Å². The number of rotatable bonds is 5. The van der Waals surface area contributed by atoms with E-state index in [4.69, 9.17) is 21.6 Å². The van der Waals surface area contributed by atoms with Crippen LogP contribution in [0.4, 0.5) is 11.8 Å². The predicted octanol–water partition coefficient (Wildman–Crippen LogP) is 4.25. The maximum absolute atomic E-state index is 11.8. The van der Waals surface area contributed by atoms with Crippen molar-refractivity contribution >= 4 is 40.2 Å². The molecule has 2 aromatic heterocycles. The molecule has 1 unspecified atom stereocenters. The van der Waals surface area contributed by atoms with E-state index in [1.807, 2.05) is 47.7 Å². The van der Waals surface area contributed by atoms with Gasteiger partial charge in [0.15, 0.2) is 0 Å². The van der Waals surface area contributed by atoms with Gasteiger partial charge in [0.05, 0.1) is 5.39 Å². The van der Waals surface area contributed by atoms with Gasteiger partial charge in [-0.25, -0.2) is 4.98 Å². The number of anilines is 2. The number of piperazine rings is 1. The fourth-order valence-electron chi connectivity index (χ4n) is 5.30. The molecule has 9 heteroatoms. The van der Waals surface area contributed by atoms with Crippen molar-refractivity contribution in [3.05, 3.63) is 41.0 Å². The summed E-state index contributed by atoms with van der Waals surface area (Å²) in [5, 5.41) is 12.7.